The van der Waals surface area contributed by atoms with E-state index in [9.17, 15) is 41.9 Å². The quantitative estimate of drug-likeness (QED) is 0.0735. The smallest absolute Gasteiger partial charge is 0.342 e. The first-order valence-corrected chi connectivity index (χ1v) is 26.6. The fourth-order valence-electron chi connectivity index (χ4n) is 9.75. The van der Waals surface area contributed by atoms with Gasteiger partial charge in [-0.3, -0.25) is 28.8 Å². The van der Waals surface area contributed by atoms with Crippen molar-refractivity contribution < 1.29 is 41.9 Å². The van der Waals surface area contributed by atoms with E-state index in [-0.39, 0.29) is 67.0 Å². The van der Waals surface area contributed by atoms with Gasteiger partial charge in [-0.1, -0.05) is 109 Å². The first kappa shape index (κ1) is 60.5. The normalized spacial score (nSPS) is 17.9. The van der Waals surface area contributed by atoms with Crippen molar-refractivity contribution in [1.29, 1.82) is 0 Å². The lowest BCUT2D eigenvalue weighted by Crippen LogP contribution is -2.59. The lowest BCUT2D eigenvalue weighted by molar-refractivity contribution is -0.142. The van der Waals surface area contributed by atoms with Crippen LogP contribution in [0.2, 0.25) is 0 Å². The third-order valence-corrected chi connectivity index (χ3v) is 14.5. The molecule has 0 aliphatic carbocycles. The van der Waals surface area contributed by atoms with Crippen LogP contribution in [0.1, 0.15) is 155 Å². The number of carbonyl (C=O) groups is 6. The SMILES string of the molecule is CN[C@@H](C)C(=O)N[C@H](C(=O)N1CCC[C@H]1CN(Cc1cccc(C)c1)C(=O)CCCCCCCCC(=O)N(Cc1cccc(C(F)(F)F)c1)C[C@@H]1CCCN1C(=O)[C@@H](NC(=O)[C@H](C)NC)C(C)(C)C)C(C)(C)C. The third kappa shape index (κ3) is 18.4. The number of carbonyl (C=O) groups excluding carboxylic acids is 6. The molecule has 2 fully saturated rings. The second-order valence-corrected chi connectivity index (χ2v) is 22.6. The Kier molecular flexibility index (Phi) is 22.8. The van der Waals surface area contributed by atoms with E-state index in [1.807, 2.05) is 76.5 Å². The van der Waals surface area contributed by atoms with Crippen molar-refractivity contribution in [2.45, 2.75) is 195 Å². The molecular weight excluding hydrogens is 938 g/mol. The summed E-state index contributed by atoms with van der Waals surface area (Å²) in [7, 11) is 3.37. The van der Waals surface area contributed by atoms with Crippen molar-refractivity contribution in [2.75, 3.05) is 40.3 Å². The molecule has 6 atom stereocenters. The van der Waals surface area contributed by atoms with Crippen molar-refractivity contribution >= 4 is 35.4 Å². The Balaban J connectivity index is 1.37. The van der Waals surface area contributed by atoms with Crippen LogP contribution in [0.25, 0.3) is 0 Å². The van der Waals surface area contributed by atoms with Crippen LogP contribution in [0.4, 0.5) is 13.2 Å². The summed E-state index contributed by atoms with van der Waals surface area (Å²) in [5.41, 5.74) is 0.486. The van der Waals surface area contributed by atoms with E-state index in [2.05, 4.69) is 27.3 Å². The number of nitrogens with zero attached hydrogens (tertiary/aromatic N) is 4. The first-order chi connectivity index (χ1) is 34.2. The molecule has 2 aromatic rings. The number of likely N-dealkylation sites (N-methyl/N-ethyl adjacent to an activating group) is 2. The number of alkyl halides is 3. The second kappa shape index (κ2) is 27.5. The van der Waals surface area contributed by atoms with Crippen molar-refractivity contribution in [3.05, 3.63) is 70.8 Å². The summed E-state index contributed by atoms with van der Waals surface area (Å²) >= 11 is 0. The van der Waals surface area contributed by atoms with Gasteiger partial charge in [0.1, 0.15) is 12.1 Å². The average molecular weight is 1030 g/mol. The monoisotopic (exact) mass is 1020 g/mol. The Morgan fingerprint density at radius 2 is 1.01 bits per heavy atom. The van der Waals surface area contributed by atoms with Crippen molar-refractivity contribution in [1.82, 2.24) is 40.9 Å². The molecule has 0 spiro atoms. The maximum absolute atomic E-state index is 14.2. The lowest BCUT2D eigenvalue weighted by atomic mass is 9.85. The molecule has 14 nitrogen and oxygen atoms in total. The molecule has 73 heavy (non-hydrogen) atoms. The van der Waals surface area contributed by atoms with Crippen molar-refractivity contribution in [3.63, 3.8) is 0 Å². The van der Waals surface area contributed by atoms with E-state index in [4.69, 9.17) is 0 Å². The zero-order valence-corrected chi connectivity index (χ0v) is 45.7. The Hall–Kier alpha value is -5.03. The molecule has 0 unspecified atom stereocenters. The lowest BCUT2D eigenvalue weighted by Gasteiger charge is -2.37. The second-order valence-electron chi connectivity index (χ2n) is 22.6. The minimum Gasteiger partial charge on any atom is -0.342 e. The van der Waals surface area contributed by atoms with Gasteiger partial charge in [0.05, 0.1) is 17.6 Å². The number of halogens is 3. The summed E-state index contributed by atoms with van der Waals surface area (Å²) in [6.07, 6.45) is 3.31. The molecule has 6 amide bonds. The molecule has 4 N–H and O–H groups in total. The molecule has 0 radical (unpaired) electrons. The highest BCUT2D eigenvalue weighted by Crippen LogP contribution is 2.32. The van der Waals surface area contributed by atoms with Crippen molar-refractivity contribution in [3.8, 4) is 0 Å². The third-order valence-electron chi connectivity index (χ3n) is 14.5. The van der Waals surface area contributed by atoms with E-state index in [1.165, 1.54) is 6.07 Å². The maximum Gasteiger partial charge on any atom is 0.416 e. The molecule has 0 saturated carbocycles. The number of hydrogen-bond acceptors (Lipinski definition) is 8. The molecule has 2 aromatic carbocycles. The molecule has 408 valence electrons. The molecule has 2 heterocycles. The molecule has 0 bridgehead atoms. The number of hydrogen-bond donors (Lipinski definition) is 4. The zero-order valence-electron chi connectivity index (χ0n) is 45.7. The van der Waals surface area contributed by atoms with Crippen LogP contribution in [0.5, 0.6) is 0 Å². The predicted molar refractivity (Wildman–Crippen MR) is 280 cm³/mol. The summed E-state index contributed by atoms with van der Waals surface area (Å²) in [4.78, 5) is 89.5. The highest BCUT2D eigenvalue weighted by atomic mass is 19.4. The highest BCUT2D eigenvalue weighted by Gasteiger charge is 2.43. The zero-order chi connectivity index (χ0) is 54.3. The first-order valence-electron chi connectivity index (χ1n) is 26.6. The Morgan fingerprint density at radius 3 is 1.40 bits per heavy atom. The fourth-order valence-corrected chi connectivity index (χ4v) is 9.75. The molecule has 17 heteroatoms. The summed E-state index contributed by atoms with van der Waals surface area (Å²) in [6, 6.07) is 9.96. The van der Waals surface area contributed by atoms with Crippen LogP contribution in [-0.4, -0.2) is 132 Å². The number of amides is 6. The molecule has 4 rings (SSSR count). The van der Waals surface area contributed by atoms with E-state index < -0.39 is 46.7 Å². The maximum atomic E-state index is 14.2. The number of unbranched alkanes of at least 4 members (excludes halogenated alkanes) is 5. The Labute approximate surface area is 433 Å². The van der Waals surface area contributed by atoms with Crippen LogP contribution in [0.15, 0.2) is 48.5 Å². The van der Waals surface area contributed by atoms with Gasteiger partial charge >= 0.3 is 6.18 Å². The van der Waals surface area contributed by atoms with Gasteiger partial charge in [-0.15, -0.1) is 0 Å². The van der Waals surface area contributed by atoms with E-state index >= 15 is 0 Å². The molecule has 2 aliphatic rings. The number of rotatable bonds is 25. The van der Waals surface area contributed by atoms with Gasteiger partial charge in [0.2, 0.25) is 35.4 Å². The van der Waals surface area contributed by atoms with Gasteiger partial charge in [0.15, 0.2) is 0 Å². The summed E-state index contributed by atoms with van der Waals surface area (Å²) in [6.45, 7) is 18.8. The minimum absolute atomic E-state index is 0.0142. The van der Waals surface area contributed by atoms with Gasteiger partial charge < -0.3 is 40.9 Å². The summed E-state index contributed by atoms with van der Waals surface area (Å²) in [5.74, 6) is -1.14. The summed E-state index contributed by atoms with van der Waals surface area (Å²) < 4.78 is 41.3. The average Bonchev–Trinajstić information content (AvgIpc) is 4.00. The number of aryl methyl sites for hydroxylation is 1. The van der Waals surface area contributed by atoms with Crippen LogP contribution < -0.4 is 21.3 Å². The Bertz CT molecular complexity index is 2160. The largest absolute Gasteiger partial charge is 0.416 e. The van der Waals surface area contributed by atoms with Crippen LogP contribution >= 0.6 is 0 Å². The Morgan fingerprint density at radius 1 is 0.616 bits per heavy atom. The van der Waals surface area contributed by atoms with E-state index in [0.29, 0.717) is 63.8 Å². The molecule has 2 aliphatic heterocycles. The summed E-state index contributed by atoms with van der Waals surface area (Å²) in [5, 5.41) is 11.8. The van der Waals surface area contributed by atoms with Gasteiger partial charge in [0, 0.05) is 64.2 Å². The minimum atomic E-state index is -4.55. The van der Waals surface area contributed by atoms with Gasteiger partial charge in [-0.2, -0.15) is 13.2 Å². The topological polar surface area (TPSA) is 163 Å². The van der Waals surface area contributed by atoms with Gasteiger partial charge in [0.25, 0.3) is 0 Å². The highest BCUT2D eigenvalue weighted by molar-refractivity contribution is 5.91. The van der Waals surface area contributed by atoms with Crippen LogP contribution in [-0.2, 0) is 48.0 Å². The molecule has 0 aromatic heterocycles. The fraction of sp³-hybridized carbons (Fsp3) is 0.679. The number of nitrogens with one attached hydrogen (secondary N) is 4. The van der Waals surface area contributed by atoms with Crippen molar-refractivity contribution in [2.24, 2.45) is 10.8 Å². The van der Waals surface area contributed by atoms with E-state index in [0.717, 1.165) is 61.8 Å². The number of likely N-dealkylation sites (tertiary alicyclic amines) is 2. The van der Waals surface area contributed by atoms with Crippen LogP contribution in [0, 0.1) is 17.8 Å². The van der Waals surface area contributed by atoms with Gasteiger partial charge in [-0.05, 0) is 107 Å². The molecule has 2 saturated heterocycles. The standard InChI is InChI=1S/C56H87F3N8O6/c1-38-22-18-23-41(32-38)34-64(36-44-26-20-30-66(44)52(72)48(54(4,5)6)62-50(70)39(2)60-10)46(68)28-16-14-12-13-15-17-29-47(69)65(35-42-24-19-25-43(33-42)56(57,58)59)37-45-27-21-31-67(45)53(73)49(55(7,8)9)63-51(71)40(3)61-11/h18-19,22-25,32-33,39-40,44-45,48-49,60-61H,12-17,20-21,26-31,34-37H2,1-11H3,(H,62,70)(H,63,71)/t39-,40-,44-,45-,48+,49+/m0/s1. The molecular formula is C56H87F3N8O6. The van der Waals surface area contributed by atoms with Crippen LogP contribution in [0.3, 0.4) is 0 Å². The van der Waals surface area contributed by atoms with Gasteiger partial charge in [-0.25, -0.2) is 0 Å². The van der Waals surface area contributed by atoms with E-state index in [1.54, 1.807) is 43.8 Å². The predicted octanol–water partition coefficient (Wildman–Crippen LogP) is 7.75. The number of benzene rings is 2.